The Morgan fingerprint density at radius 2 is 1.93 bits per heavy atom. The highest BCUT2D eigenvalue weighted by Crippen LogP contribution is 2.32. The summed E-state index contributed by atoms with van der Waals surface area (Å²) in [6, 6.07) is 10.4. The summed E-state index contributed by atoms with van der Waals surface area (Å²) in [6.45, 7) is 5.39. The van der Waals surface area contributed by atoms with E-state index in [0.717, 1.165) is 5.56 Å². The molecule has 0 fully saturated rings. The van der Waals surface area contributed by atoms with E-state index in [-0.39, 0.29) is 27.0 Å². The number of sulfonamides is 1. The van der Waals surface area contributed by atoms with Crippen molar-refractivity contribution in [2.45, 2.75) is 31.8 Å². The predicted octanol–water partition coefficient (Wildman–Crippen LogP) is 4.55. The van der Waals surface area contributed by atoms with Gasteiger partial charge in [0.1, 0.15) is 16.5 Å². The van der Waals surface area contributed by atoms with Crippen LogP contribution in [0.4, 0.5) is 5.69 Å². The normalized spacial score (nSPS) is 12.3. The molecule has 0 radical (unpaired) electrons. The van der Waals surface area contributed by atoms with Crippen LogP contribution in [-0.2, 0) is 17.1 Å². The lowest BCUT2D eigenvalue weighted by Gasteiger charge is -2.20. The number of aryl methyl sites for hydroxylation is 2. The van der Waals surface area contributed by atoms with Gasteiger partial charge < -0.3 is 9.73 Å². The van der Waals surface area contributed by atoms with Gasteiger partial charge >= 0.3 is 0 Å². The smallest absolute Gasteiger partial charge is 0.285 e. The minimum atomic E-state index is -4.27. The number of nitrogens with zero attached hydrogens (tertiary/aromatic N) is 4. The molecule has 13 heteroatoms. The Balaban J connectivity index is 1.55. The highest BCUT2D eigenvalue weighted by atomic mass is 35.5. The summed E-state index contributed by atoms with van der Waals surface area (Å²) in [5.41, 5.74) is 2.76. The molecule has 4 heterocycles. The van der Waals surface area contributed by atoms with Crippen molar-refractivity contribution in [1.29, 1.82) is 0 Å². The third-order valence-corrected chi connectivity index (χ3v) is 7.87. The van der Waals surface area contributed by atoms with Crippen LogP contribution in [0.15, 0.2) is 75.3 Å². The zero-order valence-corrected chi connectivity index (χ0v) is 24.0. The Morgan fingerprint density at radius 1 is 1.15 bits per heavy atom. The Kier molecular flexibility index (Phi) is 7.37. The van der Waals surface area contributed by atoms with Crippen LogP contribution in [0.5, 0.6) is 0 Å². The highest BCUT2D eigenvalue weighted by molar-refractivity contribution is 7.90. The fourth-order valence-electron chi connectivity index (χ4n) is 4.47. The number of anilines is 1. The van der Waals surface area contributed by atoms with Gasteiger partial charge in [-0.3, -0.25) is 14.3 Å². The first-order valence-electron chi connectivity index (χ1n) is 12.4. The van der Waals surface area contributed by atoms with Gasteiger partial charge in [-0.05, 0) is 56.7 Å². The lowest BCUT2D eigenvalue weighted by Crippen LogP contribution is -2.32. The summed E-state index contributed by atoms with van der Waals surface area (Å²) in [5.74, 6) is -0.594. The minimum Gasteiger partial charge on any atom is -0.455 e. The summed E-state index contributed by atoms with van der Waals surface area (Å²) in [7, 11) is -2.50. The van der Waals surface area contributed by atoms with Crippen molar-refractivity contribution in [2.24, 2.45) is 7.05 Å². The molecule has 0 aliphatic carbocycles. The van der Waals surface area contributed by atoms with Gasteiger partial charge in [-0.25, -0.2) is 14.7 Å². The number of benzene rings is 1. The van der Waals surface area contributed by atoms with Crippen molar-refractivity contribution in [3.8, 4) is 11.3 Å². The number of fused-ring (bicyclic) bond motifs is 1. The zero-order chi connectivity index (χ0) is 29.5. The molecule has 0 aliphatic rings. The maximum absolute atomic E-state index is 13.4. The Hall–Kier alpha value is -4.55. The average molecular weight is 593 g/mol. The van der Waals surface area contributed by atoms with Crippen LogP contribution in [0.1, 0.15) is 40.1 Å². The molecule has 0 spiro atoms. The van der Waals surface area contributed by atoms with Gasteiger partial charge in [-0.2, -0.15) is 13.5 Å². The minimum absolute atomic E-state index is 0.00724. The monoisotopic (exact) mass is 592 g/mol. The zero-order valence-electron chi connectivity index (χ0n) is 22.5. The number of pyridine rings is 2. The molecule has 4 aromatic heterocycles. The Labute approximate surface area is 240 Å². The predicted molar refractivity (Wildman–Crippen MR) is 154 cm³/mol. The van der Waals surface area contributed by atoms with E-state index in [1.54, 1.807) is 43.2 Å². The van der Waals surface area contributed by atoms with Crippen LogP contribution in [-0.4, -0.2) is 34.1 Å². The van der Waals surface area contributed by atoms with Crippen molar-refractivity contribution < 1.29 is 17.6 Å². The van der Waals surface area contributed by atoms with E-state index in [4.69, 9.17) is 16.0 Å². The number of rotatable bonds is 7. The van der Waals surface area contributed by atoms with E-state index in [0.29, 0.717) is 33.4 Å². The third kappa shape index (κ3) is 5.56. The first kappa shape index (κ1) is 28.0. The molecular formula is C28H25ClN6O5S. The molecule has 11 nitrogen and oxygen atoms in total. The van der Waals surface area contributed by atoms with E-state index in [1.165, 1.54) is 30.5 Å². The van der Waals surface area contributed by atoms with E-state index < -0.39 is 22.0 Å². The van der Waals surface area contributed by atoms with Gasteiger partial charge in [0, 0.05) is 30.6 Å². The Bertz CT molecular complexity index is 1970. The van der Waals surface area contributed by atoms with Crippen LogP contribution >= 0.6 is 11.6 Å². The largest absolute Gasteiger partial charge is 0.455 e. The Morgan fingerprint density at radius 3 is 2.61 bits per heavy atom. The fraction of sp³-hybridized carbons (Fsp3) is 0.179. The molecule has 1 atom stereocenters. The molecule has 0 unspecified atom stereocenters. The highest BCUT2D eigenvalue weighted by Gasteiger charge is 2.25. The van der Waals surface area contributed by atoms with Crippen molar-refractivity contribution >= 4 is 44.2 Å². The molecule has 0 aliphatic heterocycles. The molecule has 5 aromatic rings. The van der Waals surface area contributed by atoms with Gasteiger partial charge in [-0.1, -0.05) is 23.7 Å². The molecule has 0 saturated heterocycles. The molecule has 0 bridgehead atoms. The fourth-order valence-corrected chi connectivity index (χ4v) is 5.52. The number of aromatic nitrogens is 4. The molecule has 1 aromatic carbocycles. The summed E-state index contributed by atoms with van der Waals surface area (Å²) < 4.78 is 35.4. The lowest BCUT2D eigenvalue weighted by atomic mass is 9.99. The second kappa shape index (κ2) is 10.8. The molecule has 2 N–H and O–H groups in total. The molecular weight excluding hydrogens is 568 g/mol. The van der Waals surface area contributed by atoms with Crippen LogP contribution in [0.25, 0.3) is 22.3 Å². The molecule has 1 amide bonds. The van der Waals surface area contributed by atoms with Crippen molar-refractivity contribution in [1.82, 2.24) is 24.5 Å². The van der Waals surface area contributed by atoms with E-state index >= 15 is 0 Å². The number of carbonyl (C=O) groups excluding carboxylic acids is 1. The second-order valence-electron chi connectivity index (χ2n) is 9.52. The summed E-state index contributed by atoms with van der Waals surface area (Å²) in [5, 5.41) is 7.48. The third-order valence-electron chi connectivity index (χ3n) is 6.41. The van der Waals surface area contributed by atoms with E-state index in [2.05, 4.69) is 20.4 Å². The van der Waals surface area contributed by atoms with E-state index in [9.17, 15) is 18.0 Å². The number of hydrogen-bond acceptors (Lipinski definition) is 9. The quantitative estimate of drug-likeness (QED) is 0.260. The number of halogens is 1. The average Bonchev–Trinajstić information content (AvgIpc) is 3.37. The molecule has 210 valence electrons. The summed E-state index contributed by atoms with van der Waals surface area (Å²) in [4.78, 5) is 34.4. The van der Waals surface area contributed by atoms with Gasteiger partial charge in [0.15, 0.2) is 16.1 Å². The van der Waals surface area contributed by atoms with Crippen LogP contribution in [0.2, 0.25) is 5.15 Å². The van der Waals surface area contributed by atoms with Crippen LogP contribution < -0.4 is 15.5 Å². The van der Waals surface area contributed by atoms with Gasteiger partial charge in [0.25, 0.3) is 15.9 Å². The summed E-state index contributed by atoms with van der Waals surface area (Å²) >= 11 is 6.07. The number of amides is 1. The molecule has 0 saturated carbocycles. The van der Waals surface area contributed by atoms with Gasteiger partial charge in [-0.15, -0.1) is 0 Å². The van der Waals surface area contributed by atoms with Crippen LogP contribution in [0.3, 0.4) is 0 Å². The van der Waals surface area contributed by atoms with Gasteiger partial charge in [0.05, 0.1) is 28.9 Å². The topological polar surface area (TPSA) is 149 Å². The molecule has 5 rings (SSSR count). The van der Waals surface area contributed by atoms with Crippen molar-refractivity contribution in [3.63, 3.8) is 0 Å². The van der Waals surface area contributed by atoms with E-state index in [1.807, 2.05) is 24.6 Å². The van der Waals surface area contributed by atoms with Crippen LogP contribution in [0, 0.1) is 13.8 Å². The molecule has 41 heavy (non-hydrogen) atoms. The summed E-state index contributed by atoms with van der Waals surface area (Å²) in [6.07, 6.45) is 4.68. The number of carbonyl (C=O) groups is 1. The second-order valence-corrected chi connectivity index (χ2v) is 11.5. The maximum atomic E-state index is 13.4. The van der Waals surface area contributed by atoms with Crippen molar-refractivity contribution in [2.75, 3.05) is 5.32 Å². The standard InChI is InChI=1S/C28H25ClN6O5S/c1-15-11-19(27-20(12-15)25(36)16(2)26(40-27)18-13-31-35(4)14-18)17(3)32-21-8-9-22(29)33-24(21)28(37)34-41(38,39)23-7-5-6-10-30-23/h5-14,17,32H,1-4H3,(H,34,37)/t17-/m1/s1. The maximum Gasteiger partial charge on any atom is 0.285 e. The van der Waals surface area contributed by atoms with Gasteiger partial charge in [0.2, 0.25) is 0 Å². The lowest BCUT2D eigenvalue weighted by molar-refractivity contribution is 0.0977. The van der Waals surface area contributed by atoms with Crippen molar-refractivity contribution in [3.05, 3.63) is 98.8 Å². The number of hydrogen-bond donors (Lipinski definition) is 2. The first-order chi connectivity index (χ1) is 19.4. The SMILES string of the molecule is Cc1cc([C@@H](C)Nc2ccc(Cl)nc2C(=O)NS(=O)(=O)c2ccccn2)c2oc(-c3cnn(C)c3)c(C)c(=O)c2c1. The first-order valence-corrected chi connectivity index (χ1v) is 14.3. The number of nitrogens with one attached hydrogen (secondary N) is 2.